The van der Waals surface area contributed by atoms with Gasteiger partial charge in [0.2, 0.25) is 0 Å². The Morgan fingerprint density at radius 1 is 1.27 bits per heavy atom. The molecule has 0 amide bonds. The Balaban J connectivity index is 1.94. The molecule has 0 bridgehead atoms. The molecule has 1 aromatic carbocycles. The van der Waals surface area contributed by atoms with Crippen LogP contribution >= 0.6 is 0 Å². The van der Waals surface area contributed by atoms with Crippen molar-refractivity contribution in [2.75, 3.05) is 20.1 Å². The van der Waals surface area contributed by atoms with Crippen molar-refractivity contribution in [1.82, 2.24) is 4.90 Å². The summed E-state index contributed by atoms with van der Waals surface area (Å²) in [5.74, 6) is 0. The van der Waals surface area contributed by atoms with Crippen LogP contribution in [0.5, 0.6) is 0 Å². The second-order valence-electron chi connectivity index (χ2n) is 4.45. The average Bonchev–Trinajstić information content (AvgIpc) is 2.69. The van der Waals surface area contributed by atoms with E-state index >= 15 is 0 Å². The van der Waals surface area contributed by atoms with Crippen molar-refractivity contribution in [1.29, 1.82) is 0 Å². The molecule has 0 aliphatic heterocycles. The average molecular weight is 204 g/mol. The third kappa shape index (κ3) is 2.39. The van der Waals surface area contributed by atoms with Crippen molar-refractivity contribution in [3.63, 3.8) is 0 Å². The van der Waals surface area contributed by atoms with E-state index in [0.29, 0.717) is 6.04 Å². The van der Waals surface area contributed by atoms with Gasteiger partial charge in [-0.2, -0.15) is 0 Å². The molecule has 1 aliphatic carbocycles. The Kier molecular flexibility index (Phi) is 3.39. The fourth-order valence-electron chi connectivity index (χ4n) is 2.37. The highest BCUT2D eigenvalue weighted by atomic mass is 15.1. The van der Waals surface area contributed by atoms with Gasteiger partial charge in [-0.05, 0) is 50.5 Å². The summed E-state index contributed by atoms with van der Waals surface area (Å²) in [6.07, 6.45) is 3.51. The second kappa shape index (κ2) is 4.77. The van der Waals surface area contributed by atoms with Crippen LogP contribution in [0.25, 0.3) is 0 Å². The maximum absolute atomic E-state index is 5.53. The lowest BCUT2D eigenvalue weighted by molar-refractivity contribution is 0.247. The molecule has 0 radical (unpaired) electrons. The molecule has 2 heteroatoms. The number of benzene rings is 1. The molecule has 2 rings (SSSR count). The third-order valence-corrected chi connectivity index (χ3v) is 3.37. The van der Waals surface area contributed by atoms with Gasteiger partial charge < -0.3 is 10.6 Å². The fourth-order valence-corrected chi connectivity index (χ4v) is 2.37. The van der Waals surface area contributed by atoms with Gasteiger partial charge in [-0.1, -0.05) is 24.3 Å². The number of nitrogens with zero attached hydrogens (tertiary/aromatic N) is 1. The molecule has 0 saturated heterocycles. The van der Waals surface area contributed by atoms with E-state index in [1.54, 1.807) is 0 Å². The Morgan fingerprint density at radius 2 is 1.87 bits per heavy atom. The van der Waals surface area contributed by atoms with Gasteiger partial charge in [0.25, 0.3) is 0 Å². The van der Waals surface area contributed by atoms with Crippen molar-refractivity contribution >= 4 is 0 Å². The Labute approximate surface area is 92.1 Å². The van der Waals surface area contributed by atoms with Crippen molar-refractivity contribution < 1.29 is 0 Å². The summed E-state index contributed by atoms with van der Waals surface area (Å²) < 4.78 is 0. The summed E-state index contributed by atoms with van der Waals surface area (Å²) in [5.41, 5.74) is 8.59. The number of hydrogen-bond donors (Lipinski definition) is 1. The number of nitrogens with two attached hydrogens (primary N) is 1. The van der Waals surface area contributed by atoms with E-state index in [9.17, 15) is 0 Å². The van der Waals surface area contributed by atoms with Gasteiger partial charge in [-0.25, -0.2) is 0 Å². The van der Waals surface area contributed by atoms with Gasteiger partial charge in [0.05, 0.1) is 0 Å². The van der Waals surface area contributed by atoms with Crippen molar-refractivity contribution in [2.24, 2.45) is 5.73 Å². The number of likely N-dealkylation sites (N-methyl/N-ethyl adjacent to an activating group) is 1. The summed E-state index contributed by atoms with van der Waals surface area (Å²) in [5, 5.41) is 0. The van der Waals surface area contributed by atoms with Crippen LogP contribution in [0.4, 0.5) is 0 Å². The molecule has 1 aromatic rings. The van der Waals surface area contributed by atoms with Crippen LogP contribution in [0, 0.1) is 0 Å². The first-order chi connectivity index (χ1) is 7.31. The van der Waals surface area contributed by atoms with Crippen LogP contribution in [-0.2, 0) is 12.8 Å². The van der Waals surface area contributed by atoms with Crippen molar-refractivity contribution in [3.8, 4) is 0 Å². The maximum Gasteiger partial charge on any atom is 0.0173 e. The topological polar surface area (TPSA) is 29.3 Å². The summed E-state index contributed by atoms with van der Waals surface area (Å²) >= 11 is 0. The zero-order valence-electron chi connectivity index (χ0n) is 9.45. The Hall–Kier alpha value is -0.860. The minimum atomic E-state index is 0.689. The van der Waals surface area contributed by atoms with E-state index in [1.807, 2.05) is 0 Å². The van der Waals surface area contributed by atoms with E-state index < -0.39 is 0 Å². The minimum absolute atomic E-state index is 0.689. The van der Waals surface area contributed by atoms with Crippen LogP contribution in [0.2, 0.25) is 0 Å². The Bertz CT molecular complexity index is 297. The predicted molar refractivity (Wildman–Crippen MR) is 63.9 cm³/mol. The van der Waals surface area contributed by atoms with Gasteiger partial charge in [-0.15, -0.1) is 0 Å². The molecule has 1 aliphatic rings. The standard InChI is InChI=1S/C13H20N2/c1-15(8-4-7-14)13-9-11-5-2-3-6-12(11)10-13/h2-3,5-6,13H,4,7-10,14H2,1H3. The van der Waals surface area contributed by atoms with Gasteiger partial charge in [0.15, 0.2) is 0 Å². The molecule has 2 N–H and O–H groups in total. The smallest absolute Gasteiger partial charge is 0.0173 e. The molecule has 15 heavy (non-hydrogen) atoms. The van der Waals surface area contributed by atoms with Crippen molar-refractivity contribution in [2.45, 2.75) is 25.3 Å². The highest BCUT2D eigenvalue weighted by Gasteiger charge is 2.23. The molecule has 0 saturated carbocycles. The molecule has 0 heterocycles. The van der Waals surface area contributed by atoms with Crippen LogP contribution in [0.1, 0.15) is 17.5 Å². The lowest BCUT2D eigenvalue weighted by Gasteiger charge is -2.23. The highest BCUT2D eigenvalue weighted by molar-refractivity contribution is 5.33. The number of fused-ring (bicyclic) bond motifs is 1. The minimum Gasteiger partial charge on any atom is -0.330 e. The van der Waals surface area contributed by atoms with Crippen LogP contribution in [-0.4, -0.2) is 31.1 Å². The normalized spacial score (nSPS) is 15.9. The predicted octanol–water partition coefficient (Wildman–Crippen LogP) is 1.43. The molecule has 0 fully saturated rings. The molecular weight excluding hydrogens is 184 g/mol. The molecule has 82 valence electrons. The Morgan fingerprint density at radius 3 is 2.40 bits per heavy atom. The van der Waals surface area contributed by atoms with Gasteiger partial charge in [0, 0.05) is 6.04 Å². The molecule has 0 aromatic heterocycles. The first-order valence-corrected chi connectivity index (χ1v) is 5.78. The summed E-state index contributed by atoms with van der Waals surface area (Å²) in [4.78, 5) is 2.45. The quantitative estimate of drug-likeness (QED) is 0.804. The fraction of sp³-hybridized carbons (Fsp3) is 0.538. The van der Waals surface area contributed by atoms with Gasteiger partial charge >= 0.3 is 0 Å². The summed E-state index contributed by atoms with van der Waals surface area (Å²) in [6.45, 7) is 1.92. The molecule has 0 unspecified atom stereocenters. The van der Waals surface area contributed by atoms with E-state index in [4.69, 9.17) is 5.73 Å². The lowest BCUT2D eigenvalue weighted by Crippen LogP contribution is -2.33. The maximum atomic E-state index is 5.53. The van der Waals surface area contributed by atoms with Crippen LogP contribution in [0.3, 0.4) is 0 Å². The highest BCUT2D eigenvalue weighted by Crippen LogP contribution is 2.24. The van der Waals surface area contributed by atoms with Crippen molar-refractivity contribution in [3.05, 3.63) is 35.4 Å². The second-order valence-corrected chi connectivity index (χ2v) is 4.45. The van der Waals surface area contributed by atoms with E-state index in [-0.39, 0.29) is 0 Å². The molecule has 2 nitrogen and oxygen atoms in total. The first kappa shape index (κ1) is 10.7. The molecule has 0 spiro atoms. The van der Waals surface area contributed by atoms with Crippen LogP contribution < -0.4 is 5.73 Å². The third-order valence-electron chi connectivity index (χ3n) is 3.37. The monoisotopic (exact) mass is 204 g/mol. The number of rotatable bonds is 4. The zero-order chi connectivity index (χ0) is 10.7. The molecule has 0 atom stereocenters. The SMILES string of the molecule is CN(CCCN)C1Cc2ccccc2C1. The van der Waals surface area contributed by atoms with E-state index in [1.165, 1.54) is 24.0 Å². The van der Waals surface area contributed by atoms with E-state index in [0.717, 1.165) is 19.5 Å². The number of hydrogen-bond acceptors (Lipinski definition) is 2. The van der Waals surface area contributed by atoms with E-state index in [2.05, 4.69) is 36.2 Å². The zero-order valence-corrected chi connectivity index (χ0v) is 9.45. The lowest BCUT2D eigenvalue weighted by atomic mass is 10.1. The first-order valence-electron chi connectivity index (χ1n) is 5.78. The molecular formula is C13H20N2. The van der Waals surface area contributed by atoms with Crippen LogP contribution in [0.15, 0.2) is 24.3 Å². The van der Waals surface area contributed by atoms with Gasteiger partial charge in [-0.3, -0.25) is 0 Å². The summed E-state index contributed by atoms with van der Waals surface area (Å²) in [6, 6.07) is 9.48. The summed E-state index contributed by atoms with van der Waals surface area (Å²) in [7, 11) is 2.21. The van der Waals surface area contributed by atoms with Gasteiger partial charge in [0.1, 0.15) is 0 Å². The largest absolute Gasteiger partial charge is 0.330 e.